The van der Waals surface area contributed by atoms with Crippen LogP contribution in [0, 0.1) is 6.92 Å². The molecule has 0 saturated carbocycles. The number of benzene rings is 1. The number of fused-ring (bicyclic) bond motifs is 1. The van der Waals surface area contributed by atoms with E-state index in [1.807, 2.05) is 19.2 Å². The fourth-order valence-corrected chi connectivity index (χ4v) is 3.28. The second-order valence-electron chi connectivity index (χ2n) is 6.26. The molecule has 3 aromatic rings. The Morgan fingerprint density at radius 1 is 1.33 bits per heavy atom. The second-order valence-corrected chi connectivity index (χ2v) is 6.26. The van der Waals surface area contributed by atoms with Crippen molar-refractivity contribution < 1.29 is 9.47 Å². The lowest BCUT2D eigenvalue weighted by Gasteiger charge is -2.34. The van der Waals surface area contributed by atoms with Gasteiger partial charge in [-0.05, 0) is 31.2 Å². The Labute approximate surface area is 140 Å². The summed E-state index contributed by atoms with van der Waals surface area (Å²) in [4.78, 5) is 13.7. The van der Waals surface area contributed by atoms with Crippen LogP contribution >= 0.6 is 0 Å². The molecule has 0 spiro atoms. The quantitative estimate of drug-likeness (QED) is 0.774. The summed E-state index contributed by atoms with van der Waals surface area (Å²) in [5.41, 5.74) is 3.39. The number of ether oxygens (including phenoxy) is 2. The molecule has 6 nitrogen and oxygen atoms in total. The standard InChI is InChI=1S/C18H22N4O2/c1-12-9-19-18(20-12)17-11-24-6-5-22(17)10-14-7-13-8-15(23-2)3-4-16(13)21-14/h3-4,7-9,17,21H,5-6,10-11H2,1-2H3,(H,19,20). The number of H-pyrrole nitrogens is 2. The first-order valence-electron chi connectivity index (χ1n) is 8.22. The van der Waals surface area contributed by atoms with Crippen molar-refractivity contribution in [2.75, 3.05) is 26.9 Å². The molecule has 1 saturated heterocycles. The van der Waals surface area contributed by atoms with E-state index in [-0.39, 0.29) is 6.04 Å². The van der Waals surface area contributed by atoms with Gasteiger partial charge in [0.2, 0.25) is 0 Å². The molecule has 1 fully saturated rings. The zero-order valence-corrected chi connectivity index (χ0v) is 14.0. The van der Waals surface area contributed by atoms with Gasteiger partial charge in [0.15, 0.2) is 0 Å². The van der Waals surface area contributed by atoms with Gasteiger partial charge in [-0.1, -0.05) is 0 Å². The van der Waals surface area contributed by atoms with Gasteiger partial charge in [0.05, 0.1) is 26.4 Å². The number of nitrogens with one attached hydrogen (secondary N) is 2. The van der Waals surface area contributed by atoms with Crippen molar-refractivity contribution in [3.8, 4) is 5.75 Å². The number of aromatic amines is 2. The molecule has 1 unspecified atom stereocenters. The van der Waals surface area contributed by atoms with Gasteiger partial charge in [0, 0.05) is 41.6 Å². The number of hydrogen-bond acceptors (Lipinski definition) is 4. The van der Waals surface area contributed by atoms with Gasteiger partial charge in [0.25, 0.3) is 0 Å². The highest BCUT2D eigenvalue weighted by Gasteiger charge is 2.27. The molecule has 0 amide bonds. The maximum absolute atomic E-state index is 5.67. The zero-order valence-electron chi connectivity index (χ0n) is 14.0. The monoisotopic (exact) mass is 326 g/mol. The van der Waals surface area contributed by atoms with Crippen LogP contribution in [0.3, 0.4) is 0 Å². The molecule has 1 aliphatic heterocycles. The Kier molecular flexibility index (Phi) is 4.00. The van der Waals surface area contributed by atoms with Gasteiger partial charge in [-0.3, -0.25) is 4.90 Å². The van der Waals surface area contributed by atoms with E-state index >= 15 is 0 Å². The van der Waals surface area contributed by atoms with Crippen LogP contribution in [-0.4, -0.2) is 46.7 Å². The molecule has 1 aliphatic rings. The van der Waals surface area contributed by atoms with Crippen LogP contribution in [-0.2, 0) is 11.3 Å². The topological polar surface area (TPSA) is 66.2 Å². The number of morpholine rings is 1. The summed E-state index contributed by atoms with van der Waals surface area (Å²) in [6.07, 6.45) is 1.87. The van der Waals surface area contributed by atoms with Crippen molar-refractivity contribution in [2.45, 2.75) is 19.5 Å². The normalized spacial score (nSPS) is 19.0. The molecule has 0 aliphatic carbocycles. The SMILES string of the molecule is COc1ccc2[nH]c(CN3CCOCC3c3ncc(C)[nH]3)cc2c1. The van der Waals surface area contributed by atoms with Gasteiger partial charge >= 0.3 is 0 Å². The van der Waals surface area contributed by atoms with Gasteiger partial charge in [-0.25, -0.2) is 4.98 Å². The molecule has 1 atom stereocenters. The number of aromatic nitrogens is 3. The number of hydrogen-bond donors (Lipinski definition) is 2. The van der Waals surface area contributed by atoms with Crippen LogP contribution in [0.1, 0.15) is 23.3 Å². The number of nitrogens with zero attached hydrogens (tertiary/aromatic N) is 2. The predicted octanol–water partition coefficient (Wildman–Crippen LogP) is 2.78. The third-order valence-electron chi connectivity index (χ3n) is 4.53. The minimum Gasteiger partial charge on any atom is -0.497 e. The lowest BCUT2D eigenvalue weighted by Crippen LogP contribution is -2.39. The highest BCUT2D eigenvalue weighted by atomic mass is 16.5. The van der Waals surface area contributed by atoms with Crippen molar-refractivity contribution >= 4 is 10.9 Å². The smallest absolute Gasteiger partial charge is 0.126 e. The van der Waals surface area contributed by atoms with E-state index in [0.29, 0.717) is 6.61 Å². The van der Waals surface area contributed by atoms with E-state index in [9.17, 15) is 0 Å². The highest BCUT2D eigenvalue weighted by Crippen LogP contribution is 2.26. The fraction of sp³-hybridized carbons (Fsp3) is 0.389. The molecule has 126 valence electrons. The van der Waals surface area contributed by atoms with Crippen molar-refractivity contribution in [3.63, 3.8) is 0 Å². The van der Waals surface area contributed by atoms with Gasteiger partial charge in [0.1, 0.15) is 11.6 Å². The Bertz CT molecular complexity index is 839. The third-order valence-corrected chi connectivity index (χ3v) is 4.53. The number of imidazole rings is 1. The third kappa shape index (κ3) is 2.90. The minimum absolute atomic E-state index is 0.161. The predicted molar refractivity (Wildman–Crippen MR) is 92.1 cm³/mol. The summed E-state index contributed by atoms with van der Waals surface area (Å²) < 4.78 is 11.0. The molecule has 2 aromatic heterocycles. The van der Waals surface area contributed by atoms with Crippen LogP contribution in [0.2, 0.25) is 0 Å². The summed E-state index contributed by atoms with van der Waals surface area (Å²) in [5.74, 6) is 1.85. The number of aryl methyl sites for hydroxylation is 1. The van der Waals surface area contributed by atoms with Crippen molar-refractivity contribution in [3.05, 3.63) is 47.7 Å². The lowest BCUT2D eigenvalue weighted by atomic mass is 10.2. The van der Waals surface area contributed by atoms with E-state index in [1.54, 1.807) is 7.11 Å². The first kappa shape index (κ1) is 15.2. The van der Waals surface area contributed by atoms with Gasteiger partial charge in [-0.2, -0.15) is 0 Å². The summed E-state index contributed by atoms with van der Waals surface area (Å²) in [6, 6.07) is 8.45. The highest BCUT2D eigenvalue weighted by molar-refractivity contribution is 5.81. The van der Waals surface area contributed by atoms with Crippen LogP contribution < -0.4 is 4.74 Å². The van der Waals surface area contributed by atoms with Crippen LogP contribution in [0.4, 0.5) is 0 Å². The summed E-state index contributed by atoms with van der Waals surface area (Å²) >= 11 is 0. The number of rotatable bonds is 4. The van der Waals surface area contributed by atoms with Gasteiger partial charge in [-0.15, -0.1) is 0 Å². The molecule has 24 heavy (non-hydrogen) atoms. The summed E-state index contributed by atoms with van der Waals surface area (Å²) in [7, 11) is 1.69. The van der Waals surface area contributed by atoms with E-state index < -0.39 is 0 Å². The average Bonchev–Trinajstić information content (AvgIpc) is 3.20. The fourth-order valence-electron chi connectivity index (χ4n) is 3.28. The van der Waals surface area contributed by atoms with Crippen molar-refractivity contribution in [2.24, 2.45) is 0 Å². The van der Waals surface area contributed by atoms with Crippen LogP contribution in [0.25, 0.3) is 10.9 Å². The van der Waals surface area contributed by atoms with Gasteiger partial charge < -0.3 is 19.4 Å². The zero-order chi connectivity index (χ0) is 16.5. The maximum atomic E-state index is 5.67. The molecule has 3 heterocycles. The Hall–Kier alpha value is -2.31. The minimum atomic E-state index is 0.161. The molecule has 0 bridgehead atoms. The van der Waals surface area contributed by atoms with Crippen LogP contribution in [0.5, 0.6) is 5.75 Å². The lowest BCUT2D eigenvalue weighted by molar-refractivity contribution is -0.0161. The summed E-state index contributed by atoms with van der Waals surface area (Å²) in [5, 5.41) is 1.17. The summed E-state index contributed by atoms with van der Waals surface area (Å²) in [6.45, 7) is 5.18. The van der Waals surface area contributed by atoms with E-state index in [1.165, 1.54) is 11.1 Å². The largest absolute Gasteiger partial charge is 0.497 e. The first-order chi connectivity index (χ1) is 11.7. The molecule has 6 heteroatoms. The first-order valence-corrected chi connectivity index (χ1v) is 8.22. The van der Waals surface area contributed by atoms with E-state index in [2.05, 4.69) is 38.1 Å². The Morgan fingerprint density at radius 2 is 2.25 bits per heavy atom. The molecule has 2 N–H and O–H groups in total. The molecular formula is C18H22N4O2. The second kappa shape index (κ2) is 6.30. The van der Waals surface area contributed by atoms with Crippen LogP contribution in [0.15, 0.2) is 30.5 Å². The molecule has 1 aromatic carbocycles. The van der Waals surface area contributed by atoms with Crippen molar-refractivity contribution in [1.82, 2.24) is 19.9 Å². The Balaban J connectivity index is 1.58. The van der Waals surface area contributed by atoms with Crippen molar-refractivity contribution in [1.29, 1.82) is 0 Å². The molecule has 4 rings (SSSR count). The Morgan fingerprint density at radius 3 is 3.04 bits per heavy atom. The van der Waals surface area contributed by atoms with E-state index in [4.69, 9.17) is 9.47 Å². The maximum Gasteiger partial charge on any atom is 0.126 e. The number of methoxy groups -OCH3 is 1. The average molecular weight is 326 g/mol. The van der Waals surface area contributed by atoms with E-state index in [0.717, 1.165) is 42.5 Å². The molecular weight excluding hydrogens is 304 g/mol. The molecule has 0 radical (unpaired) electrons.